The normalized spacial score (nSPS) is 20.4. The van der Waals surface area contributed by atoms with Crippen molar-refractivity contribution in [2.45, 2.75) is 19.0 Å². The van der Waals surface area contributed by atoms with Crippen molar-refractivity contribution in [1.29, 1.82) is 0 Å². The number of nitrogens with two attached hydrogens (primary N) is 1. The third-order valence-electron chi connectivity index (χ3n) is 5.53. The fraction of sp³-hybridized carbons (Fsp3) is 0.174. The second-order valence-electron chi connectivity index (χ2n) is 7.49. The Labute approximate surface area is 179 Å². The molecule has 0 radical (unpaired) electrons. The number of hydrogen-bond donors (Lipinski definition) is 4. The molecule has 3 aromatic rings. The second kappa shape index (κ2) is 8.17. The molecule has 2 aliphatic heterocycles. The zero-order valence-corrected chi connectivity index (χ0v) is 16.8. The average molecular weight is 413 g/mol. The maximum atomic E-state index is 11.8. The van der Waals surface area contributed by atoms with E-state index in [4.69, 9.17) is 5.73 Å². The van der Waals surface area contributed by atoms with Crippen molar-refractivity contribution in [2.24, 2.45) is 10.7 Å². The van der Waals surface area contributed by atoms with Gasteiger partial charge in [-0.1, -0.05) is 36.4 Å². The summed E-state index contributed by atoms with van der Waals surface area (Å²) in [6, 6.07) is 15.7. The largest absolute Gasteiger partial charge is 0.366 e. The van der Waals surface area contributed by atoms with Crippen LogP contribution in [0.15, 0.2) is 83.1 Å². The van der Waals surface area contributed by atoms with Crippen LogP contribution in [0.2, 0.25) is 0 Å². The number of primary amides is 1. The Balaban J connectivity index is 1.48. The highest BCUT2D eigenvalue weighted by Gasteiger charge is 2.29. The van der Waals surface area contributed by atoms with Crippen LogP contribution in [0.3, 0.4) is 0 Å². The molecule has 0 spiro atoms. The van der Waals surface area contributed by atoms with Gasteiger partial charge >= 0.3 is 0 Å². The van der Waals surface area contributed by atoms with Crippen LogP contribution < -0.4 is 21.7 Å². The number of fused-ring (bicyclic) bond motifs is 1. The summed E-state index contributed by atoms with van der Waals surface area (Å²) in [5.74, 6) is -0.467. The van der Waals surface area contributed by atoms with E-state index < -0.39 is 5.91 Å². The molecule has 2 aromatic carbocycles. The first-order chi connectivity index (χ1) is 15.2. The molecule has 156 valence electrons. The van der Waals surface area contributed by atoms with Crippen LogP contribution >= 0.6 is 0 Å². The predicted molar refractivity (Wildman–Crippen MR) is 120 cm³/mol. The second-order valence-corrected chi connectivity index (χ2v) is 7.49. The van der Waals surface area contributed by atoms with Crippen molar-refractivity contribution in [1.82, 2.24) is 25.7 Å². The summed E-state index contributed by atoms with van der Waals surface area (Å²) < 4.78 is 1.84. The fourth-order valence-corrected chi connectivity index (χ4v) is 4.00. The number of rotatable bonds is 5. The van der Waals surface area contributed by atoms with Crippen LogP contribution in [0.25, 0.3) is 10.9 Å². The summed E-state index contributed by atoms with van der Waals surface area (Å²) in [7, 11) is 0. The Morgan fingerprint density at radius 2 is 2.06 bits per heavy atom. The highest BCUT2D eigenvalue weighted by Crippen LogP contribution is 2.24. The molecule has 0 saturated carbocycles. The van der Waals surface area contributed by atoms with Crippen molar-refractivity contribution < 1.29 is 4.79 Å². The van der Waals surface area contributed by atoms with Crippen molar-refractivity contribution in [2.75, 3.05) is 6.54 Å². The number of aromatic nitrogens is 2. The van der Waals surface area contributed by atoms with E-state index in [9.17, 15) is 4.79 Å². The van der Waals surface area contributed by atoms with Gasteiger partial charge in [-0.25, -0.2) is 4.68 Å². The van der Waals surface area contributed by atoms with Gasteiger partial charge in [0.05, 0.1) is 30.0 Å². The summed E-state index contributed by atoms with van der Waals surface area (Å²) in [5, 5.41) is 16.0. The Kier molecular flexibility index (Phi) is 5.07. The Morgan fingerprint density at radius 3 is 2.90 bits per heavy atom. The smallest absolute Gasteiger partial charge is 0.249 e. The molecule has 1 aromatic heterocycles. The Morgan fingerprint density at radius 1 is 1.19 bits per heavy atom. The minimum atomic E-state index is -0.467. The number of carbonyl (C=O) groups excluding carboxylic acids is 1. The molecule has 2 unspecified atom stereocenters. The Bertz CT molecular complexity index is 1210. The van der Waals surface area contributed by atoms with Crippen LogP contribution in [0, 0.1) is 0 Å². The van der Waals surface area contributed by atoms with E-state index in [1.54, 1.807) is 12.3 Å². The molecule has 3 heterocycles. The van der Waals surface area contributed by atoms with Crippen molar-refractivity contribution in [3.63, 3.8) is 0 Å². The SMILES string of the molecule is NC(=O)c1cccc2c1cnn2C1NC2=C(CN=CC=C2)C(NCc2ccccc2)N1. The molecule has 31 heavy (non-hydrogen) atoms. The van der Waals surface area contributed by atoms with Crippen molar-refractivity contribution >= 4 is 23.0 Å². The predicted octanol–water partition coefficient (Wildman–Crippen LogP) is 1.79. The first-order valence-corrected chi connectivity index (χ1v) is 10.2. The Hall–Kier alpha value is -3.75. The van der Waals surface area contributed by atoms with E-state index in [0.29, 0.717) is 18.7 Å². The molecule has 2 aliphatic rings. The van der Waals surface area contributed by atoms with Crippen molar-refractivity contribution in [3.05, 3.63) is 89.3 Å². The summed E-state index contributed by atoms with van der Waals surface area (Å²) in [6.07, 6.45) is 7.01. The third-order valence-corrected chi connectivity index (χ3v) is 5.53. The van der Waals surface area contributed by atoms with E-state index in [-0.39, 0.29) is 12.5 Å². The first-order valence-electron chi connectivity index (χ1n) is 10.2. The number of amides is 1. The molecule has 0 bridgehead atoms. The van der Waals surface area contributed by atoms with Gasteiger partial charge in [0.25, 0.3) is 0 Å². The number of nitrogens with zero attached hydrogens (tertiary/aromatic N) is 3. The minimum absolute atomic E-state index is 0.111. The number of carbonyl (C=O) groups is 1. The van der Waals surface area contributed by atoms with Crippen LogP contribution in [-0.4, -0.2) is 34.6 Å². The number of hydrogen-bond acceptors (Lipinski definition) is 6. The van der Waals surface area contributed by atoms with Gasteiger partial charge in [-0.15, -0.1) is 0 Å². The van der Waals surface area contributed by atoms with Gasteiger partial charge in [0, 0.05) is 29.4 Å². The summed E-state index contributed by atoms with van der Waals surface area (Å²) >= 11 is 0. The molecule has 5 N–H and O–H groups in total. The van der Waals surface area contributed by atoms with Gasteiger partial charge in [-0.3, -0.25) is 20.4 Å². The van der Waals surface area contributed by atoms with Gasteiger partial charge < -0.3 is 11.1 Å². The lowest BCUT2D eigenvalue weighted by atomic mass is 10.1. The monoisotopic (exact) mass is 413 g/mol. The van der Waals surface area contributed by atoms with Gasteiger partial charge in [-0.2, -0.15) is 5.10 Å². The minimum Gasteiger partial charge on any atom is -0.366 e. The number of nitrogens with one attached hydrogen (secondary N) is 3. The summed E-state index contributed by atoms with van der Waals surface area (Å²) in [4.78, 5) is 16.3. The molecule has 0 fully saturated rings. The maximum Gasteiger partial charge on any atom is 0.249 e. The zero-order valence-electron chi connectivity index (χ0n) is 16.8. The first kappa shape index (κ1) is 19.2. The number of allylic oxidation sites excluding steroid dienone is 2. The number of benzene rings is 2. The van der Waals surface area contributed by atoms with Crippen LogP contribution in [0.5, 0.6) is 0 Å². The van der Waals surface area contributed by atoms with Crippen LogP contribution in [-0.2, 0) is 6.54 Å². The molecule has 1 amide bonds. The van der Waals surface area contributed by atoms with Crippen molar-refractivity contribution in [3.8, 4) is 0 Å². The van der Waals surface area contributed by atoms with E-state index in [2.05, 4.69) is 38.2 Å². The van der Waals surface area contributed by atoms with Gasteiger partial charge in [-0.05, 0) is 29.8 Å². The van der Waals surface area contributed by atoms with E-state index in [1.807, 2.05) is 53.4 Å². The summed E-state index contributed by atoms with van der Waals surface area (Å²) in [6.45, 7) is 1.30. The lowest BCUT2D eigenvalue weighted by Gasteiger charge is -2.36. The molecular formula is C23H23N7O. The molecular weight excluding hydrogens is 390 g/mol. The lowest BCUT2D eigenvalue weighted by molar-refractivity contribution is 0.100. The van der Waals surface area contributed by atoms with E-state index in [0.717, 1.165) is 22.2 Å². The van der Waals surface area contributed by atoms with Gasteiger partial charge in [0.2, 0.25) is 5.91 Å². The third kappa shape index (κ3) is 3.74. The molecule has 2 atom stereocenters. The van der Waals surface area contributed by atoms with Crippen LogP contribution in [0.1, 0.15) is 22.2 Å². The highest BCUT2D eigenvalue weighted by atomic mass is 16.1. The fourth-order valence-electron chi connectivity index (χ4n) is 4.00. The average Bonchev–Trinajstić information content (AvgIpc) is 3.08. The molecule has 8 heteroatoms. The molecule has 0 aliphatic carbocycles. The van der Waals surface area contributed by atoms with E-state index in [1.165, 1.54) is 5.56 Å². The standard InChI is InChI=1S/C23H23N7O/c24-21(31)16-8-4-10-20-17(16)14-27-30(20)23-28-19-9-5-11-25-13-18(19)22(29-23)26-12-15-6-2-1-3-7-15/h1-11,14,22-23,26,28-29H,12-13H2,(H2,24,31). The maximum absolute atomic E-state index is 11.8. The number of aliphatic imine (C=N–C) groups is 1. The van der Waals surface area contributed by atoms with Gasteiger partial charge in [0.1, 0.15) is 0 Å². The molecule has 0 saturated heterocycles. The van der Waals surface area contributed by atoms with Gasteiger partial charge in [0.15, 0.2) is 6.29 Å². The molecule has 5 rings (SSSR count). The van der Waals surface area contributed by atoms with Crippen LogP contribution in [0.4, 0.5) is 0 Å². The topological polar surface area (TPSA) is 109 Å². The highest BCUT2D eigenvalue weighted by molar-refractivity contribution is 6.05. The molecule has 8 nitrogen and oxygen atoms in total. The summed E-state index contributed by atoms with van der Waals surface area (Å²) in [5.41, 5.74) is 10.2. The van der Waals surface area contributed by atoms with E-state index >= 15 is 0 Å². The quantitative estimate of drug-likeness (QED) is 0.510. The lowest BCUT2D eigenvalue weighted by Crippen LogP contribution is -2.55. The zero-order chi connectivity index (χ0) is 21.2.